The Morgan fingerprint density at radius 3 is 2.93 bits per heavy atom. The molecule has 1 amide bonds. The summed E-state index contributed by atoms with van der Waals surface area (Å²) >= 11 is 1.44. The van der Waals surface area contributed by atoms with Gasteiger partial charge in [0.15, 0.2) is 10.7 Å². The first-order chi connectivity index (χ1) is 14.5. The Kier molecular flexibility index (Phi) is 4.56. The molecule has 150 valence electrons. The number of hydrogen-bond donors (Lipinski definition) is 1. The maximum atomic E-state index is 13.1. The smallest absolute Gasteiger partial charge is 0.262 e. The summed E-state index contributed by atoms with van der Waals surface area (Å²) in [5, 5.41) is 12.8. The van der Waals surface area contributed by atoms with Gasteiger partial charge in [0.1, 0.15) is 0 Å². The minimum atomic E-state index is -1.03. The molecule has 5 rings (SSSR count). The summed E-state index contributed by atoms with van der Waals surface area (Å²) in [7, 11) is 0. The monoisotopic (exact) mass is 416 g/mol. The van der Waals surface area contributed by atoms with Gasteiger partial charge in [-0.2, -0.15) is 10.2 Å². The Morgan fingerprint density at radius 2 is 2.03 bits per heavy atom. The summed E-state index contributed by atoms with van der Waals surface area (Å²) in [6.07, 6.45) is 2.59. The first-order valence-corrected chi connectivity index (χ1v) is 10.6. The number of nitrogens with zero attached hydrogens (tertiary/aromatic N) is 3. The topological polar surface area (TPSA) is 77.0 Å². The average Bonchev–Trinajstić information content (AvgIpc) is 3.22. The number of carbonyl (C=O) groups is 1. The first-order valence-electron chi connectivity index (χ1n) is 9.77. The van der Waals surface area contributed by atoms with Gasteiger partial charge in [-0.05, 0) is 55.2 Å². The molecule has 1 aliphatic heterocycles. The number of aromatic nitrogens is 3. The number of hydrogen-bond acceptors (Lipinski definition) is 6. The zero-order valence-electron chi connectivity index (χ0n) is 16.7. The maximum Gasteiger partial charge on any atom is 0.262 e. The summed E-state index contributed by atoms with van der Waals surface area (Å²) in [5.41, 5.74) is 3.78. The van der Waals surface area contributed by atoms with E-state index in [-0.39, 0.29) is 5.91 Å². The van der Waals surface area contributed by atoms with Crippen molar-refractivity contribution in [3.05, 3.63) is 71.5 Å². The van der Waals surface area contributed by atoms with Crippen LogP contribution in [-0.2, 0) is 21.6 Å². The Bertz CT molecular complexity index is 1270. The quantitative estimate of drug-likeness (QED) is 0.533. The van der Waals surface area contributed by atoms with Crippen LogP contribution >= 0.6 is 11.3 Å². The van der Waals surface area contributed by atoms with Gasteiger partial charge in [0.25, 0.3) is 5.91 Å². The Labute approximate surface area is 178 Å². The number of anilines is 1. The second-order valence-corrected chi connectivity index (χ2v) is 8.56. The van der Waals surface area contributed by atoms with E-state index in [1.54, 1.807) is 6.20 Å². The van der Waals surface area contributed by atoms with Crippen molar-refractivity contribution in [3.8, 4) is 10.4 Å². The van der Waals surface area contributed by atoms with Crippen molar-refractivity contribution in [1.82, 2.24) is 15.2 Å². The Balaban J connectivity index is 1.41. The zero-order chi connectivity index (χ0) is 20.7. The molecule has 0 spiro atoms. The van der Waals surface area contributed by atoms with Crippen molar-refractivity contribution in [2.24, 2.45) is 0 Å². The van der Waals surface area contributed by atoms with E-state index < -0.39 is 5.60 Å². The number of rotatable bonds is 3. The molecule has 4 aromatic rings. The summed E-state index contributed by atoms with van der Waals surface area (Å²) in [6.45, 7) is 4.26. The lowest BCUT2D eigenvalue weighted by Gasteiger charge is -2.34. The SMILES string of the molecule is Cc1cc2cc(-c3cnc(NC(=O)C4(C)OCCc5ccccc54)s3)ccc2nn1. The second-order valence-electron chi connectivity index (χ2n) is 7.53. The molecule has 3 heterocycles. The van der Waals surface area contributed by atoms with Crippen molar-refractivity contribution in [2.75, 3.05) is 11.9 Å². The molecule has 1 aliphatic rings. The summed E-state index contributed by atoms with van der Waals surface area (Å²) in [4.78, 5) is 18.5. The van der Waals surface area contributed by atoms with E-state index in [4.69, 9.17) is 4.74 Å². The lowest BCUT2D eigenvalue weighted by Crippen LogP contribution is -2.43. The third-order valence-electron chi connectivity index (χ3n) is 5.44. The molecule has 2 aromatic carbocycles. The number of ether oxygens (including phenoxy) is 1. The predicted octanol–water partition coefficient (Wildman–Crippen LogP) is 4.49. The minimum Gasteiger partial charge on any atom is -0.360 e. The fourth-order valence-corrected chi connectivity index (χ4v) is 4.62. The maximum absolute atomic E-state index is 13.1. The summed E-state index contributed by atoms with van der Waals surface area (Å²) in [5.74, 6) is -0.208. The van der Waals surface area contributed by atoms with Gasteiger partial charge in [-0.1, -0.05) is 41.7 Å². The van der Waals surface area contributed by atoms with Crippen molar-refractivity contribution in [1.29, 1.82) is 0 Å². The number of thiazole rings is 1. The third kappa shape index (κ3) is 3.26. The van der Waals surface area contributed by atoms with Crippen LogP contribution in [0, 0.1) is 6.92 Å². The normalized spacial score (nSPS) is 18.2. The first kappa shape index (κ1) is 18.8. The second kappa shape index (κ2) is 7.27. The molecule has 6 nitrogen and oxygen atoms in total. The van der Waals surface area contributed by atoms with Gasteiger partial charge < -0.3 is 4.74 Å². The van der Waals surface area contributed by atoms with Gasteiger partial charge in [0, 0.05) is 11.6 Å². The molecule has 0 radical (unpaired) electrons. The molecule has 1 N–H and O–H groups in total. The highest BCUT2D eigenvalue weighted by molar-refractivity contribution is 7.19. The van der Waals surface area contributed by atoms with E-state index in [1.165, 1.54) is 11.3 Å². The van der Waals surface area contributed by atoms with Gasteiger partial charge in [0.2, 0.25) is 0 Å². The largest absolute Gasteiger partial charge is 0.360 e. The van der Waals surface area contributed by atoms with Crippen LogP contribution in [0.1, 0.15) is 23.7 Å². The summed E-state index contributed by atoms with van der Waals surface area (Å²) in [6, 6.07) is 16.0. The van der Waals surface area contributed by atoms with Crippen LogP contribution in [-0.4, -0.2) is 27.7 Å². The van der Waals surface area contributed by atoms with E-state index >= 15 is 0 Å². The molecule has 0 saturated carbocycles. The Morgan fingerprint density at radius 1 is 1.17 bits per heavy atom. The molecule has 1 atom stereocenters. The molecule has 0 fully saturated rings. The fraction of sp³-hybridized carbons (Fsp3) is 0.217. The number of carbonyl (C=O) groups excluding carboxylic acids is 1. The van der Waals surface area contributed by atoms with Crippen LogP contribution < -0.4 is 5.32 Å². The fourth-order valence-electron chi connectivity index (χ4n) is 3.82. The van der Waals surface area contributed by atoms with Crippen molar-refractivity contribution >= 4 is 33.3 Å². The molecule has 30 heavy (non-hydrogen) atoms. The predicted molar refractivity (Wildman–Crippen MR) is 117 cm³/mol. The van der Waals surface area contributed by atoms with Crippen LogP contribution in [0.4, 0.5) is 5.13 Å². The number of nitrogens with one attached hydrogen (secondary N) is 1. The van der Waals surface area contributed by atoms with Crippen LogP contribution in [0.2, 0.25) is 0 Å². The molecule has 2 aromatic heterocycles. The minimum absolute atomic E-state index is 0.208. The molecule has 7 heteroatoms. The zero-order valence-corrected chi connectivity index (χ0v) is 17.5. The standard InChI is InChI=1S/C23H20N4O2S/c1-14-11-17-12-16(7-8-19(17)27-26-14)20-13-24-22(30-20)25-21(28)23(2)18-6-4-3-5-15(18)9-10-29-23/h3-8,11-13H,9-10H2,1-2H3,(H,24,25,28). The lowest BCUT2D eigenvalue weighted by atomic mass is 9.87. The average molecular weight is 417 g/mol. The highest BCUT2D eigenvalue weighted by Crippen LogP contribution is 2.36. The molecule has 0 saturated heterocycles. The van der Waals surface area contributed by atoms with E-state index in [9.17, 15) is 4.79 Å². The van der Waals surface area contributed by atoms with Crippen LogP contribution in [0.25, 0.3) is 21.3 Å². The van der Waals surface area contributed by atoms with Crippen LogP contribution in [0.5, 0.6) is 0 Å². The van der Waals surface area contributed by atoms with Gasteiger partial charge in [0.05, 0.1) is 22.7 Å². The molecular formula is C23H20N4O2S. The van der Waals surface area contributed by atoms with Gasteiger partial charge in [-0.15, -0.1) is 0 Å². The van der Waals surface area contributed by atoms with Crippen molar-refractivity contribution in [2.45, 2.75) is 25.9 Å². The van der Waals surface area contributed by atoms with E-state index in [0.29, 0.717) is 11.7 Å². The van der Waals surface area contributed by atoms with Crippen molar-refractivity contribution < 1.29 is 9.53 Å². The molecule has 0 aliphatic carbocycles. The van der Waals surface area contributed by atoms with Gasteiger partial charge in [-0.25, -0.2) is 4.98 Å². The third-order valence-corrected chi connectivity index (χ3v) is 6.41. The number of benzene rings is 2. The molecule has 0 bridgehead atoms. The van der Waals surface area contributed by atoms with Gasteiger partial charge in [-0.3, -0.25) is 10.1 Å². The number of aryl methyl sites for hydroxylation is 1. The van der Waals surface area contributed by atoms with Gasteiger partial charge >= 0.3 is 0 Å². The van der Waals surface area contributed by atoms with Crippen LogP contribution in [0.15, 0.2) is 54.7 Å². The molecular weight excluding hydrogens is 396 g/mol. The van der Waals surface area contributed by atoms with Crippen LogP contribution in [0.3, 0.4) is 0 Å². The van der Waals surface area contributed by atoms with Crippen molar-refractivity contribution in [3.63, 3.8) is 0 Å². The summed E-state index contributed by atoms with van der Waals surface area (Å²) < 4.78 is 5.93. The van der Waals surface area contributed by atoms with E-state index in [2.05, 4.69) is 32.6 Å². The number of amides is 1. The Hall–Kier alpha value is -3.16. The highest BCUT2D eigenvalue weighted by Gasteiger charge is 2.40. The highest BCUT2D eigenvalue weighted by atomic mass is 32.1. The lowest BCUT2D eigenvalue weighted by molar-refractivity contribution is -0.142. The van der Waals surface area contributed by atoms with E-state index in [0.717, 1.165) is 44.6 Å². The number of fused-ring (bicyclic) bond motifs is 2. The van der Waals surface area contributed by atoms with E-state index in [1.807, 2.05) is 50.2 Å². The molecule has 1 unspecified atom stereocenters.